The molecule has 0 spiro atoms. The van der Waals surface area contributed by atoms with E-state index in [2.05, 4.69) is 0 Å². The number of rotatable bonds is 3. The minimum Gasteiger partial charge on any atom is -0.487 e. The first-order valence-corrected chi connectivity index (χ1v) is 7.34. The van der Waals surface area contributed by atoms with Gasteiger partial charge in [-0.1, -0.05) is 30.3 Å². The normalized spacial score (nSPS) is 17.9. The van der Waals surface area contributed by atoms with Crippen molar-refractivity contribution in [2.75, 3.05) is 11.5 Å². The van der Waals surface area contributed by atoms with Crippen LogP contribution in [-0.2, 0) is 0 Å². The third kappa shape index (κ3) is 2.86. The van der Waals surface area contributed by atoms with Gasteiger partial charge < -0.3 is 14.7 Å². The summed E-state index contributed by atoms with van der Waals surface area (Å²) in [5.74, 6) is -0.0206. The van der Waals surface area contributed by atoms with Crippen molar-refractivity contribution in [1.29, 1.82) is 0 Å². The third-order valence-electron chi connectivity index (χ3n) is 4.01. The molecular weight excluding hydrogens is 296 g/mol. The summed E-state index contributed by atoms with van der Waals surface area (Å²) in [6.07, 6.45) is -0.829. The number of ether oxygens (including phenoxy) is 1. The van der Waals surface area contributed by atoms with E-state index in [1.165, 1.54) is 0 Å². The van der Waals surface area contributed by atoms with E-state index in [1.54, 1.807) is 23.7 Å². The molecule has 0 radical (unpaired) electrons. The maximum absolute atomic E-state index is 11.6. The van der Waals surface area contributed by atoms with Crippen molar-refractivity contribution in [3.05, 3.63) is 59.7 Å². The molecule has 0 saturated heterocycles. The highest BCUT2D eigenvalue weighted by molar-refractivity contribution is 5.95. The number of carbonyl (C=O) groups excluding carboxylic acids is 1. The fourth-order valence-corrected chi connectivity index (χ4v) is 2.81. The molecule has 0 fully saturated rings. The second-order valence-corrected chi connectivity index (χ2v) is 5.41. The van der Waals surface area contributed by atoms with Crippen molar-refractivity contribution >= 4 is 11.6 Å². The summed E-state index contributed by atoms with van der Waals surface area (Å²) in [6, 6.07) is 14.5. The van der Waals surface area contributed by atoms with Crippen LogP contribution in [0.4, 0.5) is 5.69 Å². The Balaban J connectivity index is 2.03. The second kappa shape index (κ2) is 6.28. The highest BCUT2D eigenvalue weighted by Crippen LogP contribution is 2.39. The summed E-state index contributed by atoms with van der Waals surface area (Å²) in [6.45, 7) is 2.13. The number of nitrogens with one attached hydrogen (secondary N) is 1. The fourth-order valence-electron chi connectivity index (χ4n) is 2.81. The number of hydrogen-bond donors (Lipinski definition) is 3. The highest BCUT2D eigenvalue weighted by Gasteiger charge is 2.31. The molecule has 1 amide bonds. The Kier molecular flexibility index (Phi) is 4.18. The number of aliphatic hydroxyl groups excluding tert-OH is 1. The lowest BCUT2D eigenvalue weighted by Gasteiger charge is -2.40. The van der Waals surface area contributed by atoms with Crippen LogP contribution in [0.15, 0.2) is 48.5 Å². The predicted octanol–water partition coefficient (Wildman–Crippen LogP) is 2.08. The van der Waals surface area contributed by atoms with Gasteiger partial charge in [0.15, 0.2) is 6.23 Å². The van der Waals surface area contributed by atoms with Gasteiger partial charge in [-0.05, 0) is 30.7 Å². The van der Waals surface area contributed by atoms with Gasteiger partial charge in [0.25, 0.3) is 5.91 Å². The van der Waals surface area contributed by atoms with Crippen molar-refractivity contribution < 1.29 is 19.8 Å². The van der Waals surface area contributed by atoms with Gasteiger partial charge in [0, 0.05) is 5.56 Å². The summed E-state index contributed by atoms with van der Waals surface area (Å²) in [5, 5.41) is 19.2. The maximum Gasteiger partial charge on any atom is 0.274 e. The number of aliphatic hydroxyl groups is 1. The molecule has 0 bridgehead atoms. The SMILES string of the molecule is CC(c1ccccc1)N1c2cc(C(=O)NO)ccc2OCC1O. The lowest BCUT2D eigenvalue weighted by Crippen LogP contribution is -2.44. The number of amides is 1. The summed E-state index contributed by atoms with van der Waals surface area (Å²) in [5.41, 5.74) is 3.55. The molecule has 3 N–H and O–H groups in total. The first-order chi connectivity index (χ1) is 11.1. The number of carbonyl (C=O) groups is 1. The summed E-state index contributed by atoms with van der Waals surface area (Å²) in [7, 11) is 0. The maximum atomic E-state index is 11.6. The van der Waals surface area contributed by atoms with Gasteiger partial charge >= 0.3 is 0 Å². The molecule has 2 aromatic carbocycles. The fraction of sp³-hybridized carbons (Fsp3) is 0.235. The Hall–Kier alpha value is -2.57. The zero-order chi connectivity index (χ0) is 16.4. The van der Waals surface area contributed by atoms with E-state index in [-0.39, 0.29) is 18.2 Å². The average Bonchev–Trinajstić information content (AvgIpc) is 2.60. The molecular formula is C17H18N2O4. The van der Waals surface area contributed by atoms with E-state index < -0.39 is 12.1 Å². The quantitative estimate of drug-likeness (QED) is 0.597. The van der Waals surface area contributed by atoms with Crippen molar-refractivity contribution in [3.8, 4) is 5.75 Å². The van der Waals surface area contributed by atoms with Crippen molar-refractivity contribution in [3.63, 3.8) is 0 Å². The Bertz CT molecular complexity index is 705. The van der Waals surface area contributed by atoms with Crippen molar-refractivity contribution in [2.24, 2.45) is 0 Å². The van der Waals surface area contributed by atoms with Gasteiger partial charge in [0.2, 0.25) is 0 Å². The zero-order valence-corrected chi connectivity index (χ0v) is 12.6. The monoisotopic (exact) mass is 314 g/mol. The number of nitrogens with zero attached hydrogens (tertiary/aromatic N) is 1. The van der Waals surface area contributed by atoms with Crippen LogP contribution in [0.3, 0.4) is 0 Å². The molecule has 120 valence electrons. The van der Waals surface area contributed by atoms with Crippen molar-refractivity contribution in [2.45, 2.75) is 19.2 Å². The highest BCUT2D eigenvalue weighted by atomic mass is 16.5. The second-order valence-electron chi connectivity index (χ2n) is 5.41. The molecule has 1 aliphatic heterocycles. The lowest BCUT2D eigenvalue weighted by molar-refractivity contribution is 0.0703. The van der Waals surface area contributed by atoms with E-state index in [0.29, 0.717) is 11.4 Å². The van der Waals surface area contributed by atoms with Crippen LogP contribution in [0.5, 0.6) is 5.75 Å². The average molecular weight is 314 g/mol. The van der Waals surface area contributed by atoms with Crippen LogP contribution >= 0.6 is 0 Å². The zero-order valence-electron chi connectivity index (χ0n) is 12.6. The van der Waals surface area contributed by atoms with Gasteiger partial charge in [-0.25, -0.2) is 5.48 Å². The summed E-state index contributed by atoms with van der Waals surface area (Å²) >= 11 is 0. The molecule has 0 saturated carbocycles. The first-order valence-electron chi connectivity index (χ1n) is 7.34. The molecule has 3 rings (SSSR count). The van der Waals surface area contributed by atoms with Gasteiger partial charge in [-0.2, -0.15) is 0 Å². The third-order valence-corrected chi connectivity index (χ3v) is 4.01. The van der Waals surface area contributed by atoms with E-state index in [0.717, 1.165) is 5.56 Å². The summed E-state index contributed by atoms with van der Waals surface area (Å²) in [4.78, 5) is 13.5. The molecule has 1 aliphatic rings. The van der Waals surface area contributed by atoms with Crippen LogP contribution in [-0.4, -0.2) is 29.1 Å². The molecule has 2 unspecified atom stereocenters. The number of fused-ring (bicyclic) bond motifs is 1. The molecule has 0 aliphatic carbocycles. The van der Waals surface area contributed by atoms with Crippen LogP contribution in [0.25, 0.3) is 0 Å². The van der Waals surface area contributed by atoms with Gasteiger partial charge in [-0.15, -0.1) is 0 Å². The summed E-state index contributed by atoms with van der Waals surface area (Å²) < 4.78 is 5.53. The van der Waals surface area contributed by atoms with E-state index in [9.17, 15) is 9.90 Å². The van der Waals surface area contributed by atoms with Crippen LogP contribution in [0.2, 0.25) is 0 Å². The van der Waals surface area contributed by atoms with Crippen LogP contribution < -0.4 is 15.1 Å². The Morgan fingerprint density at radius 1 is 1.30 bits per heavy atom. The van der Waals surface area contributed by atoms with E-state index >= 15 is 0 Å². The lowest BCUT2D eigenvalue weighted by atomic mass is 10.0. The van der Waals surface area contributed by atoms with Gasteiger partial charge in [0.1, 0.15) is 12.4 Å². The Morgan fingerprint density at radius 2 is 2.04 bits per heavy atom. The predicted molar refractivity (Wildman–Crippen MR) is 84.5 cm³/mol. The minimum absolute atomic E-state index is 0.110. The minimum atomic E-state index is -0.829. The first kappa shape index (κ1) is 15.3. The van der Waals surface area contributed by atoms with E-state index in [1.807, 2.05) is 42.2 Å². The van der Waals surface area contributed by atoms with E-state index in [4.69, 9.17) is 9.94 Å². The van der Waals surface area contributed by atoms with Gasteiger partial charge in [0.05, 0.1) is 11.7 Å². The number of hydrogen-bond acceptors (Lipinski definition) is 5. The standard InChI is InChI=1S/C17H18N2O4/c1-11(12-5-3-2-4-6-12)19-14-9-13(17(21)18-22)7-8-15(14)23-10-16(19)20/h2-9,11,16,20,22H,10H2,1H3,(H,18,21). The van der Waals surface area contributed by atoms with Crippen molar-refractivity contribution in [1.82, 2.24) is 5.48 Å². The Labute approximate surface area is 133 Å². The molecule has 0 aromatic heterocycles. The largest absolute Gasteiger partial charge is 0.487 e. The smallest absolute Gasteiger partial charge is 0.274 e. The molecule has 2 atom stereocenters. The molecule has 6 nitrogen and oxygen atoms in total. The molecule has 23 heavy (non-hydrogen) atoms. The molecule has 6 heteroatoms. The van der Waals surface area contributed by atoms with Gasteiger partial charge in [-0.3, -0.25) is 10.0 Å². The topological polar surface area (TPSA) is 82.0 Å². The Morgan fingerprint density at radius 3 is 2.74 bits per heavy atom. The van der Waals surface area contributed by atoms with Crippen LogP contribution in [0.1, 0.15) is 28.9 Å². The van der Waals surface area contributed by atoms with Crippen LogP contribution in [0, 0.1) is 0 Å². The molecule has 2 aromatic rings. The number of anilines is 1. The number of benzene rings is 2. The molecule has 1 heterocycles. The number of hydroxylamine groups is 1.